The Labute approximate surface area is 146 Å². The molecular formula is C16H14ClF3N4O. The number of alkyl halides is 3. The van der Waals surface area contributed by atoms with E-state index in [1.54, 1.807) is 0 Å². The van der Waals surface area contributed by atoms with E-state index in [1.807, 2.05) is 31.2 Å². The molecule has 0 spiro atoms. The maximum absolute atomic E-state index is 12.8. The summed E-state index contributed by atoms with van der Waals surface area (Å²) in [5, 5.41) is 7.57. The zero-order valence-corrected chi connectivity index (χ0v) is 13.8. The van der Waals surface area contributed by atoms with Crippen molar-refractivity contribution in [1.29, 1.82) is 5.53 Å². The fraction of sp³-hybridized carbons (Fsp3) is 0.188. The minimum Gasteiger partial charge on any atom is -0.334 e. The zero-order chi connectivity index (χ0) is 18.6. The van der Waals surface area contributed by atoms with Gasteiger partial charge in [-0.15, -0.1) is 0 Å². The molecule has 0 aliphatic carbocycles. The van der Waals surface area contributed by atoms with Crippen molar-refractivity contribution in [2.75, 3.05) is 5.32 Å². The zero-order valence-electron chi connectivity index (χ0n) is 13.0. The Balaban J connectivity index is 2.15. The predicted octanol–water partition coefficient (Wildman–Crippen LogP) is 5.65. The molecule has 2 rings (SSSR count). The second-order valence-corrected chi connectivity index (χ2v) is 5.60. The fourth-order valence-corrected chi connectivity index (χ4v) is 2.37. The first-order valence-electron chi connectivity index (χ1n) is 7.10. The maximum atomic E-state index is 12.8. The Morgan fingerprint density at radius 1 is 1.28 bits per heavy atom. The summed E-state index contributed by atoms with van der Waals surface area (Å²) in [4.78, 5) is 12.0. The quantitative estimate of drug-likeness (QED) is 0.597. The third kappa shape index (κ3) is 4.69. The molecule has 0 aliphatic heterocycles. The van der Waals surface area contributed by atoms with Crippen molar-refractivity contribution >= 4 is 29.0 Å². The average molecular weight is 371 g/mol. The van der Waals surface area contributed by atoms with Gasteiger partial charge in [-0.3, -0.25) is 0 Å². The van der Waals surface area contributed by atoms with Crippen molar-refractivity contribution in [3.8, 4) is 0 Å². The molecule has 3 N–H and O–H groups in total. The largest absolute Gasteiger partial charge is 0.416 e. The van der Waals surface area contributed by atoms with Gasteiger partial charge in [0, 0.05) is 6.54 Å². The minimum absolute atomic E-state index is 0.160. The number of aryl methyl sites for hydroxylation is 1. The summed E-state index contributed by atoms with van der Waals surface area (Å²) in [7, 11) is 0. The molecule has 0 radical (unpaired) electrons. The lowest BCUT2D eigenvalue weighted by Crippen LogP contribution is -2.28. The standard InChI is InChI=1S/C16H14ClF3N4O/c1-9-4-2-3-5-10(9)8-22-15(25)23-14-12(17)6-11(16(18,19)20)7-13(14)24-21/h2-7,21H,8H2,1H3,(H2,22,23,25). The highest BCUT2D eigenvalue weighted by Crippen LogP contribution is 2.40. The monoisotopic (exact) mass is 370 g/mol. The summed E-state index contributed by atoms with van der Waals surface area (Å²) in [6.45, 7) is 2.11. The molecule has 2 aromatic rings. The molecule has 2 amide bonds. The van der Waals surface area contributed by atoms with Gasteiger partial charge >= 0.3 is 12.2 Å². The van der Waals surface area contributed by atoms with Gasteiger partial charge in [0.1, 0.15) is 5.69 Å². The molecule has 2 aromatic carbocycles. The molecule has 0 saturated carbocycles. The van der Waals surface area contributed by atoms with Crippen LogP contribution in [-0.4, -0.2) is 6.03 Å². The molecule has 132 valence electrons. The van der Waals surface area contributed by atoms with Crippen LogP contribution in [0.3, 0.4) is 0 Å². The molecule has 0 aromatic heterocycles. The lowest BCUT2D eigenvalue weighted by Gasteiger charge is -2.14. The van der Waals surface area contributed by atoms with Crippen LogP contribution in [0.4, 0.5) is 29.3 Å². The first kappa shape index (κ1) is 18.7. The van der Waals surface area contributed by atoms with Crippen molar-refractivity contribution in [1.82, 2.24) is 5.32 Å². The van der Waals surface area contributed by atoms with Gasteiger partial charge in [0.2, 0.25) is 0 Å². The summed E-state index contributed by atoms with van der Waals surface area (Å²) in [6.07, 6.45) is -4.63. The molecule has 0 aliphatic rings. The van der Waals surface area contributed by atoms with Gasteiger partial charge in [0.15, 0.2) is 0 Å². The lowest BCUT2D eigenvalue weighted by atomic mass is 10.1. The van der Waals surface area contributed by atoms with Gasteiger partial charge in [0.25, 0.3) is 0 Å². The molecule has 0 heterocycles. The number of rotatable bonds is 4. The van der Waals surface area contributed by atoms with Crippen LogP contribution in [-0.2, 0) is 12.7 Å². The minimum atomic E-state index is -4.63. The van der Waals surface area contributed by atoms with Crippen LogP contribution in [0.15, 0.2) is 41.5 Å². The van der Waals surface area contributed by atoms with E-state index < -0.39 is 17.8 Å². The van der Waals surface area contributed by atoms with Gasteiger partial charge < -0.3 is 10.6 Å². The lowest BCUT2D eigenvalue weighted by molar-refractivity contribution is -0.137. The highest BCUT2D eigenvalue weighted by atomic mass is 35.5. The Hall–Kier alpha value is -2.61. The van der Waals surface area contributed by atoms with E-state index >= 15 is 0 Å². The molecule has 0 bridgehead atoms. The Morgan fingerprint density at radius 3 is 2.56 bits per heavy atom. The smallest absolute Gasteiger partial charge is 0.334 e. The molecule has 25 heavy (non-hydrogen) atoms. The highest BCUT2D eigenvalue weighted by molar-refractivity contribution is 6.34. The van der Waals surface area contributed by atoms with E-state index in [9.17, 15) is 18.0 Å². The number of hydrogen-bond acceptors (Lipinski definition) is 3. The van der Waals surface area contributed by atoms with Crippen molar-refractivity contribution in [3.63, 3.8) is 0 Å². The number of nitrogens with one attached hydrogen (secondary N) is 3. The summed E-state index contributed by atoms with van der Waals surface area (Å²) >= 11 is 5.82. The van der Waals surface area contributed by atoms with Gasteiger partial charge in [-0.25, -0.2) is 10.3 Å². The van der Waals surface area contributed by atoms with Crippen molar-refractivity contribution in [2.45, 2.75) is 19.6 Å². The number of carbonyl (C=O) groups is 1. The Kier molecular flexibility index (Phi) is 5.63. The molecule has 9 heteroatoms. The summed E-state index contributed by atoms with van der Waals surface area (Å²) < 4.78 is 38.3. The Bertz CT molecular complexity index is 808. The number of carbonyl (C=O) groups excluding carboxylic acids is 1. The molecule has 0 fully saturated rings. The van der Waals surface area contributed by atoms with E-state index in [4.69, 9.17) is 17.1 Å². The van der Waals surface area contributed by atoms with E-state index in [0.29, 0.717) is 12.1 Å². The second-order valence-electron chi connectivity index (χ2n) is 5.20. The first-order chi connectivity index (χ1) is 11.7. The third-order valence-electron chi connectivity index (χ3n) is 3.46. The van der Waals surface area contributed by atoms with Crippen LogP contribution < -0.4 is 10.6 Å². The SMILES string of the molecule is Cc1ccccc1CNC(=O)Nc1c(Cl)cc(C(F)(F)F)cc1N=N. The normalized spacial score (nSPS) is 11.1. The van der Waals surface area contributed by atoms with E-state index in [1.165, 1.54) is 0 Å². The summed E-state index contributed by atoms with van der Waals surface area (Å²) in [5.41, 5.74) is 7.30. The second kappa shape index (κ2) is 7.52. The average Bonchev–Trinajstić information content (AvgIpc) is 2.54. The summed E-state index contributed by atoms with van der Waals surface area (Å²) in [6, 6.07) is 8.07. The Morgan fingerprint density at radius 2 is 1.96 bits per heavy atom. The van der Waals surface area contributed by atoms with Crippen LogP contribution in [0.25, 0.3) is 0 Å². The van der Waals surface area contributed by atoms with Crippen LogP contribution in [0.1, 0.15) is 16.7 Å². The van der Waals surface area contributed by atoms with Gasteiger partial charge in [0.05, 0.1) is 16.3 Å². The van der Waals surface area contributed by atoms with Crippen molar-refractivity contribution < 1.29 is 18.0 Å². The number of urea groups is 1. The summed E-state index contributed by atoms with van der Waals surface area (Å²) in [5.74, 6) is 0. The number of amides is 2. The topological polar surface area (TPSA) is 77.3 Å². The van der Waals surface area contributed by atoms with E-state index in [2.05, 4.69) is 15.7 Å². The fourth-order valence-electron chi connectivity index (χ4n) is 2.11. The maximum Gasteiger partial charge on any atom is 0.416 e. The van der Waals surface area contributed by atoms with Gasteiger partial charge in [-0.05, 0) is 30.2 Å². The van der Waals surface area contributed by atoms with Crippen LogP contribution in [0, 0.1) is 12.5 Å². The van der Waals surface area contributed by atoms with Gasteiger partial charge in [-0.2, -0.15) is 18.3 Å². The number of hydrogen-bond donors (Lipinski definition) is 3. The first-order valence-corrected chi connectivity index (χ1v) is 7.47. The van der Waals surface area contributed by atoms with Crippen LogP contribution in [0.2, 0.25) is 5.02 Å². The molecule has 0 atom stereocenters. The molecule has 5 nitrogen and oxygen atoms in total. The molecule has 0 saturated heterocycles. The highest BCUT2D eigenvalue weighted by Gasteiger charge is 2.32. The van der Waals surface area contributed by atoms with Crippen molar-refractivity contribution in [2.24, 2.45) is 5.11 Å². The van der Waals surface area contributed by atoms with E-state index in [-0.39, 0.29) is 22.9 Å². The number of nitrogens with zero attached hydrogens (tertiary/aromatic N) is 1. The number of halogens is 4. The van der Waals surface area contributed by atoms with E-state index in [0.717, 1.165) is 11.1 Å². The van der Waals surface area contributed by atoms with Crippen LogP contribution in [0.5, 0.6) is 0 Å². The van der Waals surface area contributed by atoms with Crippen LogP contribution >= 0.6 is 11.6 Å². The van der Waals surface area contributed by atoms with Gasteiger partial charge in [-0.1, -0.05) is 35.9 Å². The molecule has 0 unspecified atom stereocenters. The third-order valence-corrected chi connectivity index (χ3v) is 3.75. The predicted molar refractivity (Wildman–Crippen MR) is 88.3 cm³/mol. The number of benzene rings is 2. The number of anilines is 1. The van der Waals surface area contributed by atoms with Crippen molar-refractivity contribution in [3.05, 3.63) is 58.1 Å². The molecular weight excluding hydrogens is 357 g/mol.